The summed E-state index contributed by atoms with van der Waals surface area (Å²) in [5, 5.41) is 10.1. The van der Waals surface area contributed by atoms with E-state index in [2.05, 4.69) is 4.90 Å². The Balaban J connectivity index is 1.92. The van der Waals surface area contributed by atoms with Crippen LogP contribution in [-0.2, 0) is 9.84 Å². The molecule has 0 radical (unpaired) electrons. The molecule has 4 nitrogen and oxygen atoms in total. The summed E-state index contributed by atoms with van der Waals surface area (Å²) < 4.78 is 36.5. The van der Waals surface area contributed by atoms with E-state index >= 15 is 0 Å². The Kier molecular flexibility index (Phi) is 5.01. The van der Waals surface area contributed by atoms with E-state index in [0.29, 0.717) is 30.6 Å². The van der Waals surface area contributed by atoms with Gasteiger partial charge in [-0.25, -0.2) is 12.8 Å². The first-order valence-electron chi connectivity index (χ1n) is 7.17. The summed E-state index contributed by atoms with van der Waals surface area (Å²) in [7, 11) is -2.92. The van der Waals surface area contributed by atoms with Crippen LogP contribution in [0.1, 0.15) is 30.6 Å². The lowest BCUT2D eigenvalue weighted by Gasteiger charge is -2.33. The second-order valence-electron chi connectivity index (χ2n) is 5.81. The van der Waals surface area contributed by atoms with Crippen molar-refractivity contribution in [2.24, 2.45) is 0 Å². The van der Waals surface area contributed by atoms with Gasteiger partial charge in [-0.05, 0) is 37.5 Å². The van der Waals surface area contributed by atoms with Gasteiger partial charge in [0.15, 0.2) is 9.84 Å². The quantitative estimate of drug-likeness (QED) is 0.918. The lowest BCUT2D eigenvalue weighted by atomic mass is 10.0. The van der Waals surface area contributed by atoms with Gasteiger partial charge in [-0.15, -0.1) is 0 Å². The standard InChI is InChI=1S/C15H22FNO3S/c1-11-3-4-13(9-14(11)16)15(18)5-6-17-7-8-21(19,20)10-12(17)2/h3-4,9,12,15,18H,5-8,10H2,1-2H3. The van der Waals surface area contributed by atoms with Crippen LogP contribution in [0.3, 0.4) is 0 Å². The number of halogens is 1. The molecule has 1 aromatic rings. The summed E-state index contributed by atoms with van der Waals surface area (Å²) in [6, 6.07) is 4.71. The van der Waals surface area contributed by atoms with Crippen molar-refractivity contribution in [2.45, 2.75) is 32.4 Å². The van der Waals surface area contributed by atoms with E-state index in [0.717, 1.165) is 0 Å². The van der Waals surface area contributed by atoms with Gasteiger partial charge in [0.1, 0.15) is 5.82 Å². The fourth-order valence-corrected chi connectivity index (χ4v) is 4.26. The summed E-state index contributed by atoms with van der Waals surface area (Å²) in [5.74, 6) is 0.0264. The van der Waals surface area contributed by atoms with Gasteiger partial charge in [-0.3, -0.25) is 4.90 Å². The van der Waals surface area contributed by atoms with Crippen LogP contribution in [0.4, 0.5) is 4.39 Å². The van der Waals surface area contributed by atoms with Crippen LogP contribution in [0.25, 0.3) is 0 Å². The van der Waals surface area contributed by atoms with E-state index in [-0.39, 0.29) is 23.4 Å². The highest BCUT2D eigenvalue weighted by atomic mass is 32.2. The molecular weight excluding hydrogens is 293 g/mol. The minimum absolute atomic E-state index is 0.0364. The largest absolute Gasteiger partial charge is 0.388 e. The van der Waals surface area contributed by atoms with Crippen molar-refractivity contribution in [1.82, 2.24) is 4.90 Å². The summed E-state index contributed by atoms with van der Waals surface area (Å²) >= 11 is 0. The third-order valence-electron chi connectivity index (χ3n) is 4.08. The van der Waals surface area contributed by atoms with E-state index < -0.39 is 15.9 Å². The number of sulfone groups is 1. The van der Waals surface area contributed by atoms with E-state index in [1.165, 1.54) is 6.07 Å². The molecule has 6 heteroatoms. The van der Waals surface area contributed by atoms with Crippen LogP contribution in [0.15, 0.2) is 18.2 Å². The van der Waals surface area contributed by atoms with Gasteiger partial charge >= 0.3 is 0 Å². The topological polar surface area (TPSA) is 57.6 Å². The van der Waals surface area contributed by atoms with Crippen molar-refractivity contribution in [1.29, 1.82) is 0 Å². The Hall–Kier alpha value is -0.980. The minimum atomic E-state index is -2.92. The second-order valence-corrected chi connectivity index (χ2v) is 8.04. The van der Waals surface area contributed by atoms with Crippen molar-refractivity contribution in [3.05, 3.63) is 35.1 Å². The van der Waals surface area contributed by atoms with Crippen LogP contribution in [-0.4, -0.2) is 49.1 Å². The molecule has 118 valence electrons. The molecule has 21 heavy (non-hydrogen) atoms. The molecule has 1 aliphatic rings. The Morgan fingerprint density at radius 3 is 2.81 bits per heavy atom. The third kappa shape index (κ3) is 4.25. The summed E-state index contributed by atoms with van der Waals surface area (Å²) in [6.45, 7) is 4.67. The van der Waals surface area contributed by atoms with E-state index in [9.17, 15) is 17.9 Å². The van der Waals surface area contributed by atoms with Gasteiger partial charge in [0.05, 0.1) is 17.6 Å². The minimum Gasteiger partial charge on any atom is -0.388 e. The maximum Gasteiger partial charge on any atom is 0.153 e. The average molecular weight is 315 g/mol. The number of aliphatic hydroxyl groups is 1. The maximum absolute atomic E-state index is 13.5. The van der Waals surface area contributed by atoms with Crippen LogP contribution >= 0.6 is 0 Å². The third-order valence-corrected chi connectivity index (χ3v) is 5.87. The molecule has 2 unspecified atom stereocenters. The van der Waals surface area contributed by atoms with Crippen LogP contribution < -0.4 is 0 Å². The molecule has 2 atom stereocenters. The van der Waals surface area contributed by atoms with Crippen LogP contribution in [0.2, 0.25) is 0 Å². The summed E-state index contributed by atoms with van der Waals surface area (Å²) in [4.78, 5) is 2.06. The average Bonchev–Trinajstić information content (AvgIpc) is 2.39. The molecule has 1 N–H and O–H groups in total. The first kappa shape index (κ1) is 16.4. The molecule has 0 saturated carbocycles. The summed E-state index contributed by atoms with van der Waals surface area (Å²) in [5.41, 5.74) is 1.12. The first-order valence-corrected chi connectivity index (χ1v) is 8.99. The molecule has 1 fully saturated rings. The fraction of sp³-hybridized carbons (Fsp3) is 0.600. The monoisotopic (exact) mass is 315 g/mol. The molecule has 1 heterocycles. The zero-order valence-corrected chi connectivity index (χ0v) is 13.2. The number of hydrogen-bond donors (Lipinski definition) is 1. The Morgan fingerprint density at radius 2 is 2.19 bits per heavy atom. The number of hydrogen-bond acceptors (Lipinski definition) is 4. The number of aryl methyl sites for hydroxylation is 1. The molecule has 2 rings (SSSR count). The predicted molar refractivity (Wildman–Crippen MR) is 80.4 cm³/mol. The van der Waals surface area contributed by atoms with Gasteiger partial charge in [0.2, 0.25) is 0 Å². The van der Waals surface area contributed by atoms with Crippen molar-refractivity contribution in [2.75, 3.05) is 24.6 Å². The zero-order chi connectivity index (χ0) is 15.6. The molecule has 1 saturated heterocycles. The van der Waals surface area contributed by atoms with Crippen molar-refractivity contribution < 1.29 is 17.9 Å². The SMILES string of the molecule is Cc1ccc(C(O)CCN2CCS(=O)(=O)CC2C)cc1F. The number of nitrogens with zero attached hydrogens (tertiary/aromatic N) is 1. The van der Waals surface area contributed by atoms with E-state index in [1.807, 2.05) is 6.92 Å². The molecule has 0 bridgehead atoms. The van der Waals surface area contributed by atoms with Gasteiger partial charge in [0, 0.05) is 19.1 Å². The number of rotatable bonds is 4. The summed E-state index contributed by atoms with van der Waals surface area (Å²) in [6.07, 6.45) is -0.266. The van der Waals surface area contributed by atoms with Crippen LogP contribution in [0, 0.1) is 12.7 Å². The second kappa shape index (κ2) is 6.42. The van der Waals surface area contributed by atoms with Gasteiger partial charge in [-0.2, -0.15) is 0 Å². The molecule has 0 aromatic heterocycles. The Morgan fingerprint density at radius 1 is 1.48 bits per heavy atom. The zero-order valence-electron chi connectivity index (χ0n) is 12.4. The van der Waals surface area contributed by atoms with Crippen molar-refractivity contribution in [3.63, 3.8) is 0 Å². The molecule has 0 aliphatic carbocycles. The predicted octanol–water partition coefficient (Wildman–Crippen LogP) is 1.68. The number of benzene rings is 1. The Bertz CT molecular complexity index is 603. The molecular formula is C15H22FNO3S. The smallest absolute Gasteiger partial charge is 0.153 e. The van der Waals surface area contributed by atoms with Crippen molar-refractivity contribution in [3.8, 4) is 0 Å². The molecule has 1 aromatic carbocycles. The lowest BCUT2D eigenvalue weighted by molar-refractivity contribution is 0.131. The van der Waals surface area contributed by atoms with Gasteiger partial charge in [-0.1, -0.05) is 12.1 Å². The molecule has 0 spiro atoms. The van der Waals surface area contributed by atoms with E-state index in [4.69, 9.17) is 0 Å². The lowest BCUT2D eigenvalue weighted by Crippen LogP contribution is -2.47. The van der Waals surface area contributed by atoms with Gasteiger partial charge in [0.25, 0.3) is 0 Å². The highest BCUT2D eigenvalue weighted by molar-refractivity contribution is 7.91. The molecule has 0 amide bonds. The van der Waals surface area contributed by atoms with E-state index in [1.54, 1.807) is 19.1 Å². The normalized spacial score (nSPS) is 23.9. The highest BCUT2D eigenvalue weighted by Gasteiger charge is 2.28. The highest BCUT2D eigenvalue weighted by Crippen LogP contribution is 2.21. The first-order chi connectivity index (χ1) is 9.78. The Labute approximate surface area is 125 Å². The van der Waals surface area contributed by atoms with Crippen LogP contribution in [0.5, 0.6) is 0 Å². The van der Waals surface area contributed by atoms with Gasteiger partial charge < -0.3 is 5.11 Å². The maximum atomic E-state index is 13.5. The van der Waals surface area contributed by atoms with Crippen molar-refractivity contribution >= 4 is 9.84 Å². The fourth-order valence-electron chi connectivity index (χ4n) is 2.64. The molecule has 1 aliphatic heterocycles. The number of aliphatic hydroxyl groups excluding tert-OH is 1.